The normalized spacial score (nSPS) is 19.0. The topological polar surface area (TPSA) is 83.1 Å². The Morgan fingerprint density at radius 1 is 0.886 bits per heavy atom. The van der Waals surface area contributed by atoms with Crippen LogP contribution in [0, 0.1) is 0 Å². The predicted octanol–water partition coefficient (Wildman–Crippen LogP) is 6.09. The van der Waals surface area contributed by atoms with Gasteiger partial charge < -0.3 is 24.6 Å². The maximum atomic E-state index is 12.8. The third-order valence-corrected chi connectivity index (χ3v) is 8.39. The predicted molar refractivity (Wildman–Crippen MR) is 164 cm³/mol. The molecule has 2 aromatic rings. The molecule has 1 atom stereocenters. The van der Waals surface area contributed by atoms with Crippen LogP contribution in [-0.2, 0) is 14.3 Å². The molecule has 2 aliphatic heterocycles. The highest BCUT2D eigenvalue weighted by Gasteiger charge is 2.40. The molecule has 2 amide bonds. The number of benzene rings is 2. The van der Waals surface area contributed by atoms with Gasteiger partial charge in [-0.15, -0.1) is 0 Å². The second kappa shape index (κ2) is 16.2. The van der Waals surface area contributed by atoms with E-state index in [-0.39, 0.29) is 0 Å². The summed E-state index contributed by atoms with van der Waals surface area (Å²) in [5.41, 5.74) is 2.21. The minimum absolute atomic E-state index is 0.430. The van der Waals surface area contributed by atoms with Gasteiger partial charge >= 0.3 is 18.2 Å². The smallest absolute Gasteiger partial charge is 0.443 e. The number of hydrogen-bond acceptors (Lipinski definition) is 6. The van der Waals surface area contributed by atoms with E-state index >= 15 is 0 Å². The van der Waals surface area contributed by atoms with Crippen molar-refractivity contribution in [1.29, 1.82) is 0 Å². The first-order valence-corrected chi connectivity index (χ1v) is 15.7. The molecule has 0 aromatic heterocycles. The number of nitrogens with one attached hydrogen (secondary N) is 2. The molecule has 2 N–H and O–H groups in total. The zero-order valence-corrected chi connectivity index (χ0v) is 25.5. The summed E-state index contributed by atoms with van der Waals surface area (Å²) in [5.74, 6) is -1.85. The first-order chi connectivity index (χ1) is 21.1. The number of alkyl halides is 3. The van der Waals surface area contributed by atoms with Crippen molar-refractivity contribution in [3.8, 4) is 11.1 Å². The molecule has 2 fully saturated rings. The summed E-state index contributed by atoms with van der Waals surface area (Å²) in [6, 6.07) is 17.2. The average Bonchev–Trinajstić information content (AvgIpc) is 3.44. The molecule has 242 valence electrons. The molecule has 0 saturated carbocycles. The summed E-state index contributed by atoms with van der Waals surface area (Å²) in [6.07, 6.45) is 0.659. The molecule has 8 nitrogen and oxygen atoms in total. The number of rotatable bonds is 14. The molecule has 2 aromatic carbocycles. The number of hydrogen-bond donors (Lipinski definition) is 2. The lowest BCUT2D eigenvalue weighted by Gasteiger charge is -2.38. The summed E-state index contributed by atoms with van der Waals surface area (Å²) in [6.45, 7) is 8.06. The third-order valence-electron chi connectivity index (χ3n) is 8.39. The quantitative estimate of drug-likeness (QED) is 0.250. The van der Waals surface area contributed by atoms with Crippen molar-refractivity contribution in [1.82, 2.24) is 15.1 Å². The highest BCUT2D eigenvalue weighted by molar-refractivity contribution is 5.91. The van der Waals surface area contributed by atoms with E-state index in [1.54, 1.807) is 0 Å². The molecule has 0 unspecified atom stereocenters. The van der Waals surface area contributed by atoms with Gasteiger partial charge in [0.2, 0.25) is 0 Å². The number of unbranched alkanes of at least 4 members (excludes halogenated alkanes) is 2. The molecule has 2 saturated heterocycles. The largest absolute Gasteiger partial charge is 0.471 e. The Kier molecular flexibility index (Phi) is 12.5. The van der Waals surface area contributed by atoms with Crippen LogP contribution in [0.1, 0.15) is 51.9 Å². The van der Waals surface area contributed by atoms with E-state index in [1.165, 1.54) is 0 Å². The van der Waals surface area contributed by atoms with Crippen molar-refractivity contribution in [2.75, 3.05) is 57.8 Å². The third kappa shape index (κ3) is 10.8. The summed E-state index contributed by atoms with van der Waals surface area (Å²) in [4.78, 5) is 28.4. The fourth-order valence-electron chi connectivity index (χ4n) is 5.77. The van der Waals surface area contributed by atoms with E-state index in [1.807, 2.05) is 61.5 Å². The van der Waals surface area contributed by atoms with Crippen molar-refractivity contribution in [3.63, 3.8) is 0 Å². The summed E-state index contributed by atoms with van der Waals surface area (Å²) >= 11 is 0. The Labute approximate surface area is 258 Å². The van der Waals surface area contributed by atoms with Crippen LogP contribution in [0.3, 0.4) is 0 Å². The number of anilines is 1. The molecule has 0 bridgehead atoms. The second-order valence-corrected chi connectivity index (χ2v) is 12.0. The lowest BCUT2D eigenvalue weighted by Crippen LogP contribution is -2.46. The number of carbonyl (C=O) groups is 2. The fourth-order valence-corrected chi connectivity index (χ4v) is 5.77. The van der Waals surface area contributed by atoms with Crippen LogP contribution < -0.4 is 10.6 Å². The number of likely N-dealkylation sites (tertiary alicyclic amines) is 2. The summed E-state index contributed by atoms with van der Waals surface area (Å²) in [7, 11) is 0. The zero-order valence-electron chi connectivity index (χ0n) is 25.5. The van der Waals surface area contributed by atoms with Gasteiger partial charge in [0.1, 0.15) is 5.60 Å². The molecule has 0 radical (unpaired) electrons. The number of piperidine rings is 1. The molecule has 11 heteroatoms. The summed E-state index contributed by atoms with van der Waals surface area (Å²) < 4.78 is 48.9. The Bertz CT molecular complexity index is 1190. The molecule has 4 rings (SSSR count). The van der Waals surface area contributed by atoms with Crippen molar-refractivity contribution in [2.45, 2.75) is 69.7 Å². The van der Waals surface area contributed by atoms with E-state index in [9.17, 15) is 22.8 Å². The van der Waals surface area contributed by atoms with Crippen molar-refractivity contribution in [3.05, 3.63) is 54.6 Å². The number of amides is 2. The van der Waals surface area contributed by atoms with Crippen LogP contribution in [0.15, 0.2) is 54.6 Å². The Balaban J connectivity index is 1.02. The molecule has 2 aliphatic rings. The molecule has 0 aliphatic carbocycles. The van der Waals surface area contributed by atoms with Gasteiger partial charge in [-0.2, -0.15) is 13.2 Å². The SMILES string of the molecule is CC1(OC(=O)Nc2ccccc2-c2ccccc2)CCN(CCCCOCCCCN2CC[C@@H](NC(=O)C(F)(F)F)C2)CC1. The average molecular weight is 619 g/mol. The molecular weight excluding hydrogens is 573 g/mol. The summed E-state index contributed by atoms with van der Waals surface area (Å²) in [5, 5.41) is 5.02. The Morgan fingerprint density at radius 3 is 2.20 bits per heavy atom. The van der Waals surface area contributed by atoms with Crippen LogP contribution in [-0.4, -0.2) is 92.1 Å². The van der Waals surface area contributed by atoms with Gasteiger partial charge in [-0.05, 0) is 76.6 Å². The maximum absolute atomic E-state index is 12.8. The van der Waals surface area contributed by atoms with Gasteiger partial charge in [-0.3, -0.25) is 10.1 Å². The lowest BCUT2D eigenvalue weighted by molar-refractivity contribution is -0.174. The van der Waals surface area contributed by atoms with Crippen molar-refractivity contribution < 1.29 is 32.2 Å². The minimum Gasteiger partial charge on any atom is -0.443 e. The highest BCUT2D eigenvalue weighted by Crippen LogP contribution is 2.30. The van der Waals surface area contributed by atoms with Gasteiger partial charge in [0.15, 0.2) is 0 Å². The second-order valence-electron chi connectivity index (χ2n) is 12.0. The lowest BCUT2D eigenvalue weighted by atomic mass is 9.93. The Morgan fingerprint density at radius 2 is 1.52 bits per heavy atom. The number of nitrogens with zero attached hydrogens (tertiary/aromatic N) is 2. The molecule has 2 heterocycles. The van der Waals surface area contributed by atoms with Crippen molar-refractivity contribution >= 4 is 17.7 Å². The monoisotopic (exact) mass is 618 g/mol. The fraction of sp³-hybridized carbons (Fsp3) is 0.576. The van der Waals surface area contributed by atoms with E-state index in [2.05, 4.69) is 20.4 Å². The van der Waals surface area contributed by atoms with Gasteiger partial charge in [0, 0.05) is 51.0 Å². The van der Waals surface area contributed by atoms with Gasteiger partial charge in [-0.25, -0.2) is 4.79 Å². The van der Waals surface area contributed by atoms with Crippen LogP contribution in [0.5, 0.6) is 0 Å². The standard InChI is InChI=1S/C33H45F3N4O4/c1-32(44-31(42)38-29-14-6-5-13-28(29)26-11-3-2-4-12-26)16-21-39(22-17-32)18-7-9-23-43-24-10-8-19-40-20-15-27(25-40)37-30(41)33(34,35)36/h2-6,11-14,27H,7-10,15-25H2,1H3,(H,37,41)(H,38,42)/t27-/m1/s1. The van der Waals surface area contributed by atoms with Crippen LogP contribution in [0.4, 0.5) is 23.7 Å². The number of carbonyl (C=O) groups excluding carboxylic acids is 2. The van der Waals surface area contributed by atoms with Gasteiger partial charge in [0.05, 0.1) is 5.69 Å². The van der Waals surface area contributed by atoms with E-state index in [0.717, 1.165) is 81.5 Å². The van der Waals surface area contributed by atoms with E-state index < -0.39 is 29.8 Å². The molecule has 0 spiro atoms. The maximum Gasteiger partial charge on any atom is 0.471 e. The molecular formula is C33H45F3N4O4. The van der Waals surface area contributed by atoms with Crippen molar-refractivity contribution in [2.24, 2.45) is 0 Å². The van der Waals surface area contributed by atoms with Gasteiger partial charge in [-0.1, -0.05) is 48.5 Å². The highest BCUT2D eigenvalue weighted by atomic mass is 19.4. The first kappa shape index (κ1) is 33.7. The van der Waals surface area contributed by atoms with E-state index in [4.69, 9.17) is 9.47 Å². The van der Waals surface area contributed by atoms with Crippen LogP contribution in [0.25, 0.3) is 11.1 Å². The minimum atomic E-state index is -4.83. The number of ether oxygens (including phenoxy) is 2. The molecule has 44 heavy (non-hydrogen) atoms. The zero-order chi connectivity index (χ0) is 31.4. The Hall–Kier alpha value is -3.15. The van der Waals surface area contributed by atoms with E-state index in [0.29, 0.717) is 32.7 Å². The van der Waals surface area contributed by atoms with Crippen LogP contribution >= 0.6 is 0 Å². The van der Waals surface area contributed by atoms with Gasteiger partial charge in [0.25, 0.3) is 0 Å². The van der Waals surface area contributed by atoms with Crippen LogP contribution in [0.2, 0.25) is 0 Å². The number of halogens is 3. The first-order valence-electron chi connectivity index (χ1n) is 15.7. The number of para-hydroxylation sites is 1.